The van der Waals surface area contributed by atoms with Crippen molar-refractivity contribution in [2.24, 2.45) is 0 Å². The molecule has 0 spiro atoms. The molecule has 6 nitrogen and oxygen atoms in total. The molecule has 96 valence electrons. The van der Waals surface area contributed by atoms with E-state index in [9.17, 15) is 14.4 Å². The van der Waals surface area contributed by atoms with Crippen LogP contribution in [0.4, 0.5) is 0 Å². The van der Waals surface area contributed by atoms with Gasteiger partial charge in [0.1, 0.15) is 5.54 Å². The third-order valence-corrected chi connectivity index (χ3v) is 3.18. The number of hydrazine groups is 1. The number of ketones is 1. The fourth-order valence-corrected chi connectivity index (χ4v) is 1.63. The lowest BCUT2D eigenvalue weighted by molar-refractivity contribution is -0.152. The second-order valence-corrected chi connectivity index (χ2v) is 4.70. The van der Waals surface area contributed by atoms with Crippen molar-refractivity contribution in [1.29, 1.82) is 0 Å². The van der Waals surface area contributed by atoms with Crippen LogP contribution in [0.3, 0.4) is 0 Å². The maximum Gasteiger partial charge on any atom is 0.259 e. The van der Waals surface area contributed by atoms with Gasteiger partial charge in [0.2, 0.25) is 5.91 Å². The topological polar surface area (TPSA) is 78.5 Å². The minimum atomic E-state index is -1.04. The van der Waals surface area contributed by atoms with Crippen LogP contribution >= 0.6 is 0 Å². The Labute approximate surface area is 101 Å². The highest BCUT2D eigenvalue weighted by Crippen LogP contribution is 2.18. The summed E-state index contributed by atoms with van der Waals surface area (Å²) in [4.78, 5) is 35.3. The molecule has 1 aliphatic rings. The molecule has 0 bridgehead atoms. The average molecular weight is 241 g/mol. The molecule has 0 radical (unpaired) electrons. The summed E-state index contributed by atoms with van der Waals surface area (Å²) in [5.74, 6) is -0.702. The van der Waals surface area contributed by atoms with E-state index in [1.165, 1.54) is 6.92 Å². The minimum Gasteiger partial charge on any atom is -0.309 e. The summed E-state index contributed by atoms with van der Waals surface area (Å²) < 4.78 is 0. The van der Waals surface area contributed by atoms with Gasteiger partial charge >= 0.3 is 0 Å². The predicted octanol–water partition coefficient (Wildman–Crippen LogP) is -0.404. The van der Waals surface area contributed by atoms with Gasteiger partial charge in [-0.25, -0.2) is 5.01 Å². The minimum absolute atomic E-state index is 0.178. The normalized spacial score (nSPS) is 22.1. The molecule has 0 aliphatic carbocycles. The van der Waals surface area contributed by atoms with Crippen LogP contribution in [0, 0.1) is 0 Å². The molecule has 0 aromatic heterocycles. The zero-order chi connectivity index (χ0) is 13.2. The number of hydrogen-bond acceptors (Lipinski definition) is 4. The van der Waals surface area contributed by atoms with Crippen LogP contribution in [0.5, 0.6) is 0 Å². The number of nitrogens with one attached hydrogen (secondary N) is 2. The van der Waals surface area contributed by atoms with Gasteiger partial charge < -0.3 is 5.32 Å². The number of rotatable bonds is 3. The Morgan fingerprint density at radius 2 is 2.06 bits per heavy atom. The Kier molecular flexibility index (Phi) is 3.87. The number of carbonyl (C=O) groups excluding carboxylic acids is 3. The number of carbonyl (C=O) groups is 3. The second-order valence-electron chi connectivity index (χ2n) is 4.70. The van der Waals surface area contributed by atoms with Crippen LogP contribution in [0.25, 0.3) is 0 Å². The van der Waals surface area contributed by atoms with E-state index in [1.807, 2.05) is 0 Å². The van der Waals surface area contributed by atoms with Crippen LogP contribution in [0.2, 0.25) is 0 Å². The van der Waals surface area contributed by atoms with Crippen molar-refractivity contribution < 1.29 is 14.4 Å². The summed E-state index contributed by atoms with van der Waals surface area (Å²) in [6, 6.07) is -0.437. The Bertz CT molecular complexity index is 352. The van der Waals surface area contributed by atoms with E-state index in [4.69, 9.17) is 0 Å². The van der Waals surface area contributed by atoms with Crippen molar-refractivity contribution >= 4 is 17.6 Å². The van der Waals surface area contributed by atoms with E-state index in [-0.39, 0.29) is 24.0 Å². The number of likely N-dealkylation sites (N-methyl/N-ethyl adjacent to an activating group) is 1. The number of amides is 2. The molecular formula is C11H19N3O3. The van der Waals surface area contributed by atoms with Crippen molar-refractivity contribution in [2.45, 2.75) is 45.2 Å². The highest BCUT2D eigenvalue weighted by atomic mass is 16.2. The molecule has 6 heteroatoms. The van der Waals surface area contributed by atoms with Gasteiger partial charge in [0.15, 0.2) is 5.78 Å². The highest BCUT2D eigenvalue weighted by molar-refractivity contribution is 5.95. The van der Waals surface area contributed by atoms with Gasteiger partial charge in [-0.3, -0.25) is 19.8 Å². The summed E-state index contributed by atoms with van der Waals surface area (Å²) in [7, 11) is 1.66. The lowest BCUT2D eigenvalue weighted by Crippen LogP contribution is -2.62. The Morgan fingerprint density at radius 3 is 2.53 bits per heavy atom. The van der Waals surface area contributed by atoms with Crippen LogP contribution < -0.4 is 10.7 Å². The number of hydrogen-bond donors (Lipinski definition) is 2. The van der Waals surface area contributed by atoms with Gasteiger partial charge in [0, 0.05) is 6.42 Å². The molecule has 17 heavy (non-hydrogen) atoms. The van der Waals surface area contributed by atoms with Gasteiger partial charge in [0.25, 0.3) is 5.91 Å². The summed E-state index contributed by atoms with van der Waals surface area (Å²) in [6.07, 6.45) is 0.702. The van der Waals surface area contributed by atoms with E-state index in [2.05, 4.69) is 10.7 Å². The quantitative estimate of drug-likeness (QED) is 0.704. The molecule has 1 aliphatic heterocycles. The third-order valence-electron chi connectivity index (χ3n) is 3.18. The first-order valence-corrected chi connectivity index (χ1v) is 5.62. The lowest BCUT2D eigenvalue weighted by Gasteiger charge is -2.36. The molecule has 2 N–H and O–H groups in total. The van der Waals surface area contributed by atoms with Gasteiger partial charge in [-0.2, -0.15) is 0 Å². The van der Waals surface area contributed by atoms with E-state index < -0.39 is 11.6 Å². The molecule has 1 saturated heterocycles. The highest BCUT2D eigenvalue weighted by Gasteiger charge is 2.40. The standard InChI is InChI=1S/C11H19N3O3/c1-7(15)11(2,3)14-10(17)8(12-4)5-6-9(16)13-14/h8,12H,5-6H2,1-4H3,(H,13,16). The number of nitrogens with zero attached hydrogens (tertiary/aromatic N) is 1. The smallest absolute Gasteiger partial charge is 0.259 e. The first kappa shape index (κ1) is 13.6. The zero-order valence-electron chi connectivity index (χ0n) is 10.7. The fraction of sp³-hybridized carbons (Fsp3) is 0.727. The summed E-state index contributed by atoms with van der Waals surface area (Å²) in [5, 5.41) is 4.01. The summed E-state index contributed by atoms with van der Waals surface area (Å²) in [6.45, 7) is 4.63. The molecule has 1 atom stereocenters. The van der Waals surface area contributed by atoms with E-state index in [0.717, 1.165) is 5.01 Å². The third kappa shape index (κ3) is 2.63. The Morgan fingerprint density at radius 1 is 1.47 bits per heavy atom. The molecular weight excluding hydrogens is 222 g/mol. The predicted molar refractivity (Wildman–Crippen MR) is 61.8 cm³/mol. The van der Waals surface area contributed by atoms with E-state index in [1.54, 1.807) is 20.9 Å². The maximum atomic E-state index is 12.2. The molecule has 0 aromatic carbocycles. The Hall–Kier alpha value is -1.43. The SMILES string of the molecule is CNC1CCC(=O)NN(C(C)(C)C(C)=O)C1=O. The largest absolute Gasteiger partial charge is 0.309 e. The monoisotopic (exact) mass is 241 g/mol. The molecule has 1 fully saturated rings. The first-order valence-electron chi connectivity index (χ1n) is 5.62. The molecule has 0 saturated carbocycles. The van der Waals surface area contributed by atoms with Crippen LogP contribution in [-0.2, 0) is 14.4 Å². The van der Waals surface area contributed by atoms with E-state index >= 15 is 0 Å². The van der Waals surface area contributed by atoms with Gasteiger partial charge in [0.05, 0.1) is 6.04 Å². The van der Waals surface area contributed by atoms with Crippen LogP contribution in [0.1, 0.15) is 33.6 Å². The Balaban J connectivity index is 3.05. The van der Waals surface area contributed by atoms with Crippen LogP contribution in [-0.4, -0.2) is 41.2 Å². The zero-order valence-corrected chi connectivity index (χ0v) is 10.7. The molecule has 2 amide bonds. The fourth-order valence-electron chi connectivity index (χ4n) is 1.63. The van der Waals surface area contributed by atoms with Crippen molar-refractivity contribution in [2.75, 3.05) is 7.05 Å². The summed E-state index contributed by atoms with van der Waals surface area (Å²) in [5.41, 5.74) is 1.46. The van der Waals surface area contributed by atoms with Gasteiger partial charge in [-0.05, 0) is 34.2 Å². The summed E-state index contributed by atoms with van der Waals surface area (Å²) >= 11 is 0. The van der Waals surface area contributed by atoms with Gasteiger partial charge in [-0.15, -0.1) is 0 Å². The molecule has 1 unspecified atom stereocenters. The molecule has 0 aromatic rings. The van der Waals surface area contributed by atoms with Gasteiger partial charge in [-0.1, -0.05) is 0 Å². The second kappa shape index (κ2) is 4.83. The number of Topliss-reactive ketones (excluding diaryl/α,β-unsaturated/α-hetero) is 1. The molecule has 1 heterocycles. The first-order chi connectivity index (χ1) is 7.80. The van der Waals surface area contributed by atoms with Crippen molar-refractivity contribution in [1.82, 2.24) is 15.8 Å². The van der Waals surface area contributed by atoms with Crippen molar-refractivity contribution in [3.63, 3.8) is 0 Å². The van der Waals surface area contributed by atoms with Crippen molar-refractivity contribution in [3.8, 4) is 0 Å². The maximum absolute atomic E-state index is 12.2. The van der Waals surface area contributed by atoms with Crippen molar-refractivity contribution in [3.05, 3.63) is 0 Å². The van der Waals surface area contributed by atoms with Crippen LogP contribution in [0.15, 0.2) is 0 Å². The average Bonchev–Trinajstić information content (AvgIpc) is 2.39. The molecule has 1 rings (SSSR count). The lowest BCUT2D eigenvalue weighted by atomic mass is 9.98. The van der Waals surface area contributed by atoms with E-state index in [0.29, 0.717) is 6.42 Å².